The second kappa shape index (κ2) is 4.89. The largest absolute Gasteiger partial charge is 0.0695 e. The van der Waals surface area contributed by atoms with Gasteiger partial charge in [0.15, 0.2) is 0 Å². The minimum Gasteiger partial charge on any atom is -0.0695 e. The van der Waals surface area contributed by atoms with Crippen LogP contribution in [0.4, 0.5) is 0 Å². The van der Waals surface area contributed by atoms with Crippen molar-refractivity contribution >= 4 is 0 Å². The van der Waals surface area contributed by atoms with Crippen molar-refractivity contribution in [1.82, 2.24) is 0 Å². The first kappa shape index (κ1) is 9.38. The summed E-state index contributed by atoms with van der Waals surface area (Å²) in [6.07, 6.45) is 6.30. The SMILES string of the molecule is C1#CC=C(Cc2ccccc2)C#CC=C1. The summed E-state index contributed by atoms with van der Waals surface area (Å²) in [5.41, 5.74) is 2.34. The Bertz CT molecular complexity index is 508. The normalized spacial score (nSPS) is 12.4. The summed E-state index contributed by atoms with van der Waals surface area (Å²) in [4.78, 5) is 0. The van der Waals surface area contributed by atoms with Gasteiger partial charge in [0.25, 0.3) is 0 Å². The predicted molar refractivity (Wildman–Crippen MR) is 62.9 cm³/mol. The number of hydrogen-bond donors (Lipinski definition) is 0. The average Bonchev–Trinajstić information content (AvgIpc) is 2.23. The van der Waals surface area contributed by atoms with Crippen molar-refractivity contribution < 1.29 is 0 Å². The van der Waals surface area contributed by atoms with Crippen LogP contribution in [0.15, 0.2) is 54.1 Å². The maximum absolute atomic E-state index is 3.09. The average molecular weight is 190 g/mol. The number of rotatable bonds is 2. The zero-order valence-electron chi connectivity index (χ0n) is 8.33. The first-order valence-corrected chi connectivity index (χ1v) is 4.86. The molecule has 0 aromatic heterocycles. The molecule has 0 radical (unpaired) electrons. The quantitative estimate of drug-likeness (QED) is 0.629. The molecular formula is C15H10. The van der Waals surface area contributed by atoms with Crippen molar-refractivity contribution in [3.05, 3.63) is 59.7 Å². The lowest BCUT2D eigenvalue weighted by molar-refractivity contribution is 1.22. The summed E-state index contributed by atoms with van der Waals surface area (Å²) in [5.74, 6) is 11.9. The highest BCUT2D eigenvalue weighted by atomic mass is 14.0. The van der Waals surface area contributed by atoms with E-state index in [1.54, 1.807) is 12.2 Å². The Morgan fingerprint density at radius 1 is 0.867 bits per heavy atom. The maximum atomic E-state index is 3.09. The van der Waals surface area contributed by atoms with Crippen LogP contribution in [0, 0.1) is 23.7 Å². The molecule has 0 aliphatic heterocycles. The fourth-order valence-electron chi connectivity index (χ4n) is 1.34. The summed E-state index contributed by atoms with van der Waals surface area (Å²) < 4.78 is 0. The van der Waals surface area contributed by atoms with E-state index in [9.17, 15) is 0 Å². The fraction of sp³-hybridized carbons (Fsp3) is 0.0667. The third kappa shape index (κ3) is 2.90. The molecule has 0 N–H and O–H groups in total. The molecule has 70 valence electrons. The molecule has 0 amide bonds. The molecule has 1 aliphatic carbocycles. The van der Waals surface area contributed by atoms with Gasteiger partial charge in [0.1, 0.15) is 0 Å². The maximum Gasteiger partial charge on any atom is 0.0151 e. The highest BCUT2D eigenvalue weighted by Crippen LogP contribution is 2.07. The highest BCUT2D eigenvalue weighted by Gasteiger charge is 1.95. The summed E-state index contributed by atoms with van der Waals surface area (Å²) in [7, 11) is 0. The molecule has 15 heavy (non-hydrogen) atoms. The van der Waals surface area contributed by atoms with Gasteiger partial charge in [0.05, 0.1) is 0 Å². The zero-order valence-corrected chi connectivity index (χ0v) is 8.33. The lowest BCUT2D eigenvalue weighted by atomic mass is 10.1. The van der Waals surface area contributed by atoms with Crippen molar-refractivity contribution in [2.24, 2.45) is 0 Å². The third-order valence-electron chi connectivity index (χ3n) is 2.05. The lowest BCUT2D eigenvalue weighted by Crippen LogP contribution is -1.88. The molecule has 0 heterocycles. The van der Waals surface area contributed by atoms with E-state index in [4.69, 9.17) is 0 Å². The van der Waals surface area contributed by atoms with Crippen LogP contribution in [0.5, 0.6) is 0 Å². The number of hydrogen-bond acceptors (Lipinski definition) is 0. The second-order valence-electron chi connectivity index (χ2n) is 3.22. The molecule has 0 bridgehead atoms. The van der Waals surface area contributed by atoms with Crippen LogP contribution in [0.1, 0.15) is 5.56 Å². The Kier molecular flexibility index (Phi) is 3.06. The van der Waals surface area contributed by atoms with Crippen LogP contribution in [0.3, 0.4) is 0 Å². The molecule has 0 saturated heterocycles. The van der Waals surface area contributed by atoms with Gasteiger partial charge >= 0.3 is 0 Å². The van der Waals surface area contributed by atoms with Crippen molar-refractivity contribution in [2.45, 2.75) is 6.42 Å². The molecule has 0 heteroatoms. The van der Waals surface area contributed by atoms with Crippen molar-refractivity contribution in [1.29, 1.82) is 0 Å². The molecule has 1 aromatic carbocycles. The summed E-state index contributed by atoms with van der Waals surface area (Å²) in [6.45, 7) is 0. The molecule has 0 fully saturated rings. The molecular weight excluding hydrogens is 180 g/mol. The minimum atomic E-state index is 0.857. The van der Waals surface area contributed by atoms with Gasteiger partial charge in [-0.25, -0.2) is 0 Å². The van der Waals surface area contributed by atoms with Gasteiger partial charge in [-0.15, -0.1) is 0 Å². The molecule has 0 nitrogen and oxygen atoms in total. The Morgan fingerprint density at radius 2 is 1.67 bits per heavy atom. The van der Waals surface area contributed by atoms with E-state index in [1.807, 2.05) is 24.3 Å². The first-order chi connectivity index (χ1) is 7.45. The van der Waals surface area contributed by atoms with E-state index in [0.29, 0.717) is 0 Å². The molecule has 0 atom stereocenters. The Labute approximate surface area is 90.3 Å². The predicted octanol–water partition coefficient (Wildman–Crippen LogP) is 2.73. The van der Waals surface area contributed by atoms with Gasteiger partial charge < -0.3 is 0 Å². The van der Waals surface area contributed by atoms with Crippen LogP contribution < -0.4 is 0 Å². The first-order valence-electron chi connectivity index (χ1n) is 4.86. The van der Waals surface area contributed by atoms with Crippen LogP contribution in [-0.4, -0.2) is 0 Å². The monoisotopic (exact) mass is 190 g/mol. The van der Waals surface area contributed by atoms with Crippen LogP contribution in [0.2, 0.25) is 0 Å². The van der Waals surface area contributed by atoms with Gasteiger partial charge in [0.2, 0.25) is 0 Å². The van der Waals surface area contributed by atoms with Gasteiger partial charge in [-0.1, -0.05) is 54.0 Å². The summed E-state index contributed by atoms with van der Waals surface area (Å²) >= 11 is 0. The van der Waals surface area contributed by atoms with E-state index in [2.05, 4.69) is 35.8 Å². The molecule has 0 unspecified atom stereocenters. The number of allylic oxidation sites excluding steroid dienone is 4. The Morgan fingerprint density at radius 3 is 2.53 bits per heavy atom. The molecule has 0 saturated carbocycles. The Balaban J connectivity index is 2.17. The van der Waals surface area contributed by atoms with Crippen molar-refractivity contribution in [3.63, 3.8) is 0 Å². The number of benzene rings is 1. The third-order valence-corrected chi connectivity index (χ3v) is 2.05. The second-order valence-corrected chi connectivity index (χ2v) is 3.22. The van der Waals surface area contributed by atoms with Crippen LogP contribution >= 0.6 is 0 Å². The molecule has 2 rings (SSSR count). The van der Waals surface area contributed by atoms with E-state index in [-0.39, 0.29) is 0 Å². The zero-order chi connectivity index (χ0) is 10.3. The minimum absolute atomic E-state index is 0.857. The fourth-order valence-corrected chi connectivity index (χ4v) is 1.34. The van der Waals surface area contributed by atoms with Crippen molar-refractivity contribution in [2.75, 3.05) is 0 Å². The van der Waals surface area contributed by atoms with Gasteiger partial charge in [-0.05, 0) is 17.7 Å². The standard InChI is InChI=1S/C15H10/c1-2-5-9-14(10-6-3-1)13-15-11-7-4-8-12-15/h1-2,4,7-8,10-12H,13H2. The van der Waals surface area contributed by atoms with E-state index in [0.717, 1.165) is 12.0 Å². The van der Waals surface area contributed by atoms with Crippen LogP contribution in [0.25, 0.3) is 0 Å². The highest BCUT2D eigenvalue weighted by molar-refractivity contribution is 5.44. The van der Waals surface area contributed by atoms with Gasteiger partial charge in [0, 0.05) is 18.1 Å². The van der Waals surface area contributed by atoms with Crippen molar-refractivity contribution in [3.8, 4) is 23.7 Å². The van der Waals surface area contributed by atoms with E-state index >= 15 is 0 Å². The van der Waals surface area contributed by atoms with E-state index in [1.165, 1.54) is 5.56 Å². The molecule has 0 spiro atoms. The lowest BCUT2D eigenvalue weighted by Gasteiger charge is -1.99. The van der Waals surface area contributed by atoms with E-state index < -0.39 is 0 Å². The molecule has 1 aromatic rings. The van der Waals surface area contributed by atoms with Crippen LogP contribution in [-0.2, 0) is 6.42 Å². The molecule has 1 aliphatic rings. The topological polar surface area (TPSA) is 0 Å². The Hall–Kier alpha value is -2.18. The summed E-state index contributed by atoms with van der Waals surface area (Å²) in [6, 6.07) is 10.3. The smallest absolute Gasteiger partial charge is 0.0151 e. The summed E-state index contributed by atoms with van der Waals surface area (Å²) in [5, 5.41) is 0. The van der Waals surface area contributed by atoms with Gasteiger partial charge in [-0.3, -0.25) is 0 Å². The van der Waals surface area contributed by atoms with Gasteiger partial charge in [-0.2, -0.15) is 0 Å².